The maximum Gasteiger partial charge on any atom is 0.387 e. The van der Waals surface area contributed by atoms with Crippen molar-refractivity contribution in [3.63, 3.8) is 0 Å². The summed E-state index contributed by atoms with van der Waals surface area (Å²) in [5.74, 6) is -0.135. The summed E-state index contributed by atoms with van der Waals surface area (Å²) in [5.41, 5.74) is 2.40. The summed E-state index contributed by atoms with van der Waals surface area (Å²) in [5, 5.41) is 2.79. The molecule has 0 saturated heterocycles. The van der Waals surface area contributed by atoms with Crippen molar-refractivity contribution in [1.82, 2.24) is 10.2 Å². The average molecular weight is 376 g/mol. The van der Waals surface area contributed by atoms with Crippen LogP contribution in [0.4, 0.5) is 8.78 Å². The Balaban J connectivity index is 1.92. The molecule has 0 aromatic heterocycles. The molecule has 27 heavy (non-hydrogen) atoms. The van der Waals surface area contributed by atoms with Crippen LogP contribution in [0.25, 0.3) is 0 Å². The Morgan fingerprint density at radius 2 is 1.81 bits per heavy atom. The molecule has 1 amide bonds. The van der Waals surface area contributed by atoms with Crippen LogP contribution in [-0.4, -0.2) is 30.0 Å². The fraction of sp³-hybridized carbons (Fsp3) is 0.381. The van der Waals surface area contributed by atoms with E-state index in [2.05, 4.69) is 35.7 Å². The lowest BCUT2D eigenvalue weighted by atomic mass is 10.1. The molecule has 0 saturated carbocycles. The highest BCUT2D eigenvalue weighted by molar-refractivity contribution is 5.94. The lowest BCUT2D eigenvalue weighted by Gasteiger charge is -2.24. The van der Waals surface area contributed by atoms with Gasteiger partial charge in [0.2, 0.25) is 0 Å². The smallest absolute Gasteiger partial charge is 0.387 e. The van der Waals surface area contributed by atoms with Crippen LogP contribution in [0.15, 0.2) is 48.5 Å². The van der Waals surface area contributed by atoms with Crippen molar-refractivity contribution >= 4 is 5.91 Å². The molecule has 0 aliphatic heterocycles. The summed E-state index contributed by atoms with van der Waals surface area (Å²) < 4.78 is 28.9. The molecule has 0 heterocycles. The van der Waals surface area contributed by atoms with Crippen LogP contribution in [-0.2, 0) is 13.1 Å². The zero-order chi connectivity index (χ0) is 19.8. The van der Waals surface area contributed by atoms with E-state index in [1.165, 1.54) is 12.1 Å². The minimum Gasteiger partial charge on any atom is -0.435 e. The van der Waals surface area contributed by atoms with Crippen LogP contribution in [0, 0.1) is 0 Å². The monoisotopic (exact) mass is 376 g/mol. The number of halogens is 2. The third kappa shape index (κ3) is 6.64. The Morgan fingerprint density at radius 3 is 2.41 bits per heavy atom. The van der Waals surface area contributed by atoms with Gasteiger partial charge in [-0.1, -0.05) is 31.2 Å². The third-order valence-corrected chi connectivity index (χ3v) is 4.31. The molecule has 4 nitrogen and oxygen atoms in total. The molecule has 0 radical (unpaired) electrons. The maximum absolute atomic E-state index is 12.3. The molecule has 146 valence electrons. The number of carbonyl (C=O) groups is 1. The Hall–Kier alpha value is -2.47. The average Bonchev–Trinajstić information content (AvgIpc) is 2.64. The molecule has 0 aliphatic carbocycles. The molecular weight excluding hydrogens is 350 g/mol. The minimum absolute atomic E-state index is 0.0757. The van der Waals surface area contributed by atoms with Gasteiger partial charge < -0.3 is 10.1 Å². The van der Waals surface area contributed by atoms with E-state index in [0.717, 1.165) is 18.7 Å². The SMILES string of the molecule is CCN(Cc1ccc(C(=O)NCc2cccc(OC(F)F)c2)cc1)C(C)C. The Labute approximate surface area is 159 Å². The number of amides is 1. The van der Waals surface area contributed by atoms with Crippen molar-refractivity contribution in [3.05, 3.63) is 65.2 Å². The summed E-state index contributed by atoms with van der Waals surface area (Å²) in [6, 6.07) is 14.3. The fourth-order valence-corrected chi connectivity index (χ4v) is 2.77. The molecule has 0 unspecified atom stereocenters. The third-order valence-electron chi connectivity index (χ3n) is 4.31. The molecule has 0 spiro atoms. The van der Waals surface area contributed by atoms with Crippen molar-refractivity contribution in [1.29, 1.82) is 0 Å². The van der Waals surface area contributed by atoms with Crippen molar-refractivity contribution in [3.8, 4) is 5.75 Å². The molecule has 2 aromatic rings. The van der Waals surface area contributed by atoms with Gasteiger partial charge in [0, 0.05) is 24.7 Å². The highest BCUT2D eigenvalue weighted by Gasteiger charge is 2.10. The van der Waals surface area contributed by atoms with Crippen molar-refractivity contribution in [2.45, 2.75) is 46.5 Å². The number of nitrogens with zero attached hydrogens (tertiary/aromatic N) is 1. The van der Waals surface area contributed by atoms with E-state index in [1.54, 1.807) is 24.3 Å². The topological polar surface area (TPSA) is 41.6 Å². The Bertz CT molecular complexity index is 733. The van der Waals surface area contributed by atoms with E-state index >= 15 is 0 Å². The van der Waals surface area contributed by atoms with E-state index in [4.69, 9.17) is 0 Å². The second-order valence-corrected chi connectivity index (χ2v) is 6.56. The quantitative estimate of drug-likeness (QED) is 0.703. The van der Waals surface area contributed by atoms with Gasteiger partial charge in [-0.25, -0.2) is 0 Å². The van der Waals surface area contributed by atoms with Crippen LogP contribution in [0.1, 0.15) is 42.3 Å². The number of ether oxygens (including phenoxy) is 1. The summed E-state index contributed by atoms with van der Waals surface area (Å²) in [6.07, 6.45) is 0. The molecular formula is C21H26F2N2O2. The fourth-order valence-electron chi connectivity index (χ4n) is 2.77. The first-order valence-electron chi connectivity index (χ1n) is 9.04. The van der Waals surface area contributed by atoms with E-state index < -0.39 is 6.61 Å². The van der Waals surface area contributed by atoms with Gasteiger partial charge in [0.25, 0.3) is 5.91 Å². The molecule has 0 fully saturated rings. The molecule has 2 aromatic carbocycles. The second-order valence-electron chi connectivity index (χ2n) is 6.56. The zero-order valence-electron chi connectivity index (χ0n) is 15.9. The lowest BCUT2D eigenvalue weighted by Crippen LogP contribution is -2.30. The number of alkyl halides is 2. The molecule has 0 aliphatic rings. The number of nitrogens with one attached hydrogen (secondary N) is 1. The molecule has 2 rings (SSSR count). The van der Waals surface area contributed by atoms with Gasteiger partial charge in [0.15, 0.2) is 0 Å². The second kappa shape index (κ2) is 10.0. The summed E-state index contributed by atoms with van der Waals surface area (Å²) in [6.45, 7) is 5.62. The molecule has 1 N–H and O–H groups in total. The minimum atomic E-state index is -2.87. The zero-order valence-corrected chi connectivity index (χ0v) is 15.9. The van der Waals surface area contributed by atoms with Crippen LogP contribution in [0.5, 0.6) is 5.75 Å². The van der Waals surface area contributed by atoms with Crippen molar-refractivity contribution in [2.75, 3.05) is 6.54 Å². The van der Waals surface area contributed by atoms with Crippen LogP contribution >= 0.6 is 0 Å². The van der Waals surface area contributed by atoms with Gasteiger partial charge in [0.1, 0.15) is 5.75 Å². The van der Waals surface area contributed by atoms with Gasteiger partial charge >= 0.3 is 6.61 Å². The van der Waals surface area contributed by atoms with Gasteiger partial charge in [-0.15, -0.1) is 0 Å². The first-order chi connectivity index (χ1) is 12.9. The van der Waals surface area contributed by atoms with Crippen LogP contribution in [0.3, 0.4) is 0 Å². The number of rotatable bonds is 9. The predicted molar refractivity (Wildman–Crippen MR) is 102 cm³/mol. The van der Waals surface area contributed by atoms with Crippen LogP contribution < -0.4 is 10.1 Å². The van der Waals surface area contributed by atoms with Crippen LogP contribution in [0.2, 0.25) is 0 Å². The van der Waals surface area contributed by atoms with Crippen molar-refractivity contribution in [2.24, 2.45) is 0 Å². The number of hydrogen-bond donors (Lipinski definition) is 1. The number of benzene rings is 2. The van der Waals surface area contributed by atoms with E-state index in [1.807, 2.05) is 12.1 Å². The van der Waals surface area contributed by atoms with Gasteiger partial charge in [-0.2, -0.15) is 8.78 Å². The Morgan fingerprint density at radius 1 is 1.11 bits per heavy atom. The largest absolute Gasteiger partial charge is 0.435 e. The maximum atomic E-state index is 12.3. The first-order valence-corrected chi connectivity index (χ1v) is 9.04. The molecule has 6 heteroatoms. The standard InChI is InChI=1S/C21H26F2N2O2/c1-4-25(15(2)3)14-16-8-10-18(11-9-16)20(26)24-13-17-6-5-7-19(12-17)27-21(22)23/h5-12,15,21H,4,13-14H2,1-3H3,(H,24,26). The predicted octanol–water partition coefficient (Wildman–Crippen LogP) is 4.45. The highest BCUT2D eigenvalue weighted by Crippen LogP contribution is 2.16. The van der Waals surface area contributed by atoms with E-state index in [-0.39, 0.29) is 18.2 Å². The molecule has 0 atom stereocenters. The summed E-state index contributed by atoms with van der Waals surface area (Å²) >= 11 is 0. The van der Waals surface area contributed by atoms with Gasteiger partial charge in [-0.3, -0.25) is 9.69 Å². The highest BCUT2D eigenvalue weighted by atomic mass is 19.3. The van der Waals surface area contributed by atoms with E-state index in [0.29, 0.717) is 17.2 Å². The first kappa shape index (κ1) is 20.8. The summed E-state index contributed by atoms with van der Waals surface area (Å²) in [4.78, 5) is 14.6. The lowest BCUT2D eigenvalue weighted by molar-refractivity contribution is -0.0498. The molecule has 0 bridgehead atoms. The Kier molecular flexibility index (Phi) is 7.73. The summed E-state index contributed by atoms with van der Waals surface area (Å²) in [7, 11) is 0. The number of hydrogen-bond acceptors (Lipinski definition) is 3. The van der Waals surface area contributed by atoms with Gasteiger partial charge in [0.05, 0.1) is 0 Å². The number of carbonyl (C=O) groups excluding carboxylic acids is 1. The van der Waals surface area contributed by atoms with E-state index in [9.17, 15) is 13.6 Å². The van der Waals surface area contributed by atoms with Crippen molar-refractivity contribution < 1.29 is 18.3 Å². The normalized spacial score (nSPS) is 11.3. The van der Waals surface area contributed by atoms with Gasteiger partial charge in [-0.05, 0) is 55.8 Å².